The number of hydrogen-bond acceptors (Lipinski definition) is 8. The fourth-order valence-electron chi connectivity index (χ4n) is 3.32. The van der Waals surface area contributed by atoms with Crippen molar-refractivity contribution in [2.75, 3.05) is 32.6 Å². The van der Waals surface area contributed by atoms with E-state index < -0.39 is 11.7 Å². The number of amides is 1. The number of likely N-dealkylation sites (N-methyl/N-ethyl adjacent to an activating group) is 1. The van der Waals surface area contributed by atoms with Gasteiger partial charge < -0.3 is 19.5 Å². The zero-order valence-electron chi connectivity index (χ0n) is 19.9. The summed E-state index contributed by atoms with van der Waals surface area (Å²) >= 11 is 0. The Morgan fingerprint density at radius 1 is 1.19 bits per heavy atom. The van der Waals surface area contributed by atoms with Gasteiger partial charge in [0, 0.05) is 30.2 Å². The summed E-state index contributed by atoms with van der Waals surface area (Å²) in [7, 11) is 3.83. The lowest BCUT2D eigenvalue weighted by Crippen LogP contribution is -2.20. The Hall–Kier alpha value is -4.62. The highest BCUT2D eigenvalue weighted by molar-refractivity contribution is 6.04. The van der Waals surface area contributed by atoms with Crippen molar-refractivity contribution in [3.05, 3.63) is 77.6 Å². The minimum atomic E-state index is -0.487. The molecule has 0 saturated carbocycles. The molecule has 0 radical (unpaired) electrons. The fraction of sp³-hybridized carbons (Fsp3) is 0.192. The first kappa shape index (κ1) is 24.5. The number of aryl methyl sites for hydroxylation is 1. The van der Waals surface area contributed by atoms with Crippen molar-refractivity contribution in [1.82, 2.24) is 20.0 Å². The summed E-state index contributed by atoms with van der Waals surface area (Å²) < 4.78 is 25.4. The van der Waals surface area contributed by atoms with Crippen molar-refractivity contribution >= 4 is 11.6 Å². The van der Waals surface area contributed by atoms with Crippen molar-refractivity contribution in [1.29, 1.82) is 5.26 Å². The molecule has 0 unspecified atom stereocenters. The lowest BCUT2D eigenvalue weighted by molar-refractivity contribution is 0.102. The van der Waals surface area contributed by atoms with E-state index in [1.165, 1.54) is 18.3 Å². The van der Waals surface area contributed by atoms with Crippen LogP contribution in [0.3, 0.4) is 0 Å². The molecule has 2 aromatic heterocycles. The summed E-state index contributed by atoms with van der Waals surface area (Å²) in [6.45, 7) is 2.70. The van der Waals surface area contributed by atoms with E-state index in [-0.39, 0.29) is 0 Å². The number of ether oxygens (including phenoxy) is 1. The SMILES string of the molecule is Cc1nc(-c2ccc(-c3ccc(NC(=O)c4ccc(C#N)c(OCCN(C)C)c4)cn3)c(F)c2)no1. The van der Waals surface area contributed by atoms with Crippen LogP contribution in [-0.4, -0.2) is 53.2 Å². The van der Waals surface area contributed by atoms with Gasteiger partial charge in [0.15, 0.2) is 0 Å². The molecule has 0 bridgehead atoms. The van der Waals surface area contributed by atoms with Crippen LogP contribution in [0.2, 0.25) is 0 Å². The Balaban J connectivity index is 1.46. The Bertz CT molecular complexity index is 1430. The average Bonchev–Trinajstić information content (AvgIpc) is 3.30. The van der Waals surface area contributed by atoms with Crippen LogP contribution in [0.1, 0.15) is 21.8 Å². The summed E-state index contributed by atoms with van der Waals surface area (Å²) in [4.78, 5) is 23.1. The van der Waals surface area contributed by atoms with Gasteiger partial charge in [0.2, 0.25) is 11.7 Å². The number of nitrogens with zero attached hydrogens (tertiary/aromatic N) is 5. The molecule has 36 heavy (non-hydrogen) atoms. The van der Waals surface area contributed by atoms with Gasteiger partial charge in [-0.25, -0.2) is 4.39 Å². The number of halogens is 1. The van der Waals surface area contributed by atoms with E-state index >= 15 is 0 Å². The van der Waals surface area contributed by atoms with Crippen LogP contribution in [0, 0.1) is 24.1 Å². The van der Waals surface area contributed by atoms with Gasteiger partial charge in [-0.05, 0) is 56.6 Å². The summed E-state index contributed by atoms with van der Waals surface area (Å²) in [6, 6.07) is 14.5. The van der Waals surface area contributed by atoms with Gasteiger partial charge in [0.05, 0.1) is 23.1 Å². The second-order valence-electron chi connectivity index (χ2n) is 8.19. The topological polar surface area (TPSA) is 117 Å². The van der Waals surface area contributed by atoms with Gasteiger partial charge in [0.1, 0.15) is 24.2 Å². The number of carbonyl (C=O) groups excluding carboxylic acids is 1. The van der Waals surface area contributed by atoms with Gasteiger partial charge in [-0.2, -0.15) is 10.2 Å². The van der Waals surface area contributed by atoms with Crippen LogP contribution in [0.5, 0.6) is 5.75 Å². The van der Waals surface area contributed by atoms with Gasteiger partial charge >= 0.3 is 0 Å². The van der Waals surface area contributed by atoms with E-state index in [9.17, 15) is 14.4 Å². The predicted octanol–water partition coefficient (Wildman–Crippen LogP) is 4.31. The molecule has 4 rings (SSSR count). The predicted molar refractivity (Wildman–Crippen MR) is 131 cm³/mol. The van der Waals surface area contributed by atoms with Crippen LogP contribution in [0.4, 0.5) is 10.1 Å². The quantitative estimate of drug-likeness (QED) is 0.392. The van der Waals surface area contributed by atoms with Crippen molar-refractivity contribution in [2.45, 2.75) is 6.92 Å². The van der Waals surface area contributed by atoms with Crippen LogP contribution < -0.4 is 10.1 Å². The second-order valence-corrected chi connectivity index (χ2v) is 8.19. The highest BCUT2D eigenvalue weighted by Gasteiger charge is 2.14. The molecule has 10 heteroatoms. The molecule has 2 aromatic carbocycles. The molecule has 1 N–H and O–H groups in total. The summed E-state index contributed by atoms with van der Waals surface area (Å²) in [5.74, 6) is 0.160. The maximum atomic E-state index is 14.8. The van der Waals surface area contributed by atoms with E-state index in [4.69, 9.17) is 9.26 Å². The molecular weight excluding hydrogens is 463 g/mol. The molecular formula is C26H23FN6O3. The number of benzene rings is 2. The van der Waals surface area contributed by atoms with Crippen LogP contribution in [0.25, 0.3) is 22.6 Å². The number of nitriles is 1. The summed E-state index contributed by atoms with van der Waals surface area (Å²) in [5, 5.41) is 15.9. The van der Waals surface area contributed by atoms with Gasteiger partial charge in [0.25, 0.3) is 5.91 Å². The minimum Gasteiger partial charge on any atom is -0.491 e. The molecule has 4 aromatic rings. The Morgan fingerprint density at radius 2 is 2.03 bits per heavy atom. The number of anilines is 1. The molecule has 2 heterocycles. The number of hydrogen-bond donors (Lipinski definition) is 1. The zero-order chi connectivity index (χ0) is 25.7. The Labute approximate surface area is 207 Å². The number of rotatable bonds is 8. The van der Waals surface area contributed by atoms with E-state index in [2.05, 4.69) is 26.5 Å². The first-order valence-corrected chi connectivity index (χ1v) is 11.0. The number of aromatic nitrogens is 3. The molecule has 0 aliphatic heterocycles. The van der Waals surface area contributed by atoms with Crippen molar-refractivity contribution in [3.63, 3.8) is 0 Å². The van der Waals surface area contributed by atoms with Crippen molar-refractivity contribution in [2.24, 2.45) is 0 Å². The van der Waals surface area contributed by atoms with Crippen LogP contribution >= 0.6 is 0 Å². The molecule has 1 amide bonds. The van der Waals surface area contributed by atoms with Crippen molar-refractivity contribution < 1.29 is 18.4 Å². The number of pyridine rings is 1. The van der Waals surface area contributed by atoms with Gasteiger partial charge in [-0.1, -0.05) is 11.2 Å². The van der Waals surface area contributed by atoms with Crippen LogP contribution in [0.15, 0.2) is 59.3 Å². The monoisotopic (exact) mass is 486 g/mol. The van der Waals surface area contributed by atoms with E-state index in [1.807, 2.05) is 19.0 Å². The third-order valence-corrected chi connectivity index (χ3v) is 5.21. The normalized spacial score (nSPS) is 10.8. The summed E-state index contributed by atoms with van der Waals surface area (Å²) in [5.41, 5.74) is 2.29. The van der Waals surface area contributed by atoms with E-state index in [0.717, 1.165) is 0 Å². The third-order valence-electron chi connectivity index (χ3n) is 5.21. The first-order valence-electron chi connectivity index (χ1n) is 11.0. The standard InChI is InChI=1S/C26H23FN6O3/c1-16-30-25(32-36-16)17-6-8-21(22(27)12-17)23-9-7-20(15-29-23)31-26(34)18-4-5-19(14-28)24(13-18)35-11-10-33(2)3/h4-9,12-13,15H,10-11H2,1-3H3,(H,31,34). The first-order chi connectivity index (χ1) is 17.3. The van der Waals surface area contributed by atoms with Gasteiger partial charge in [-0.15, -0.1) is 0 Å². The smallest absolute Gasteiger partial charge is 0.255 e. The minimum absolute atomic E-state index is 0.295. The maximum absolute atomic E-state index is 14.8. The molecule has 0 saturated heterocycles. The lowest BCUT2D eigenvalue weighted by atomic mass is 10.1. The molecule has 0 spiro atoms. The van der Waals surface area contributed by atoms with E-state index in [1.54, 1.807) is 43.3 Å². The second kappa shape index (κ2) is 10.8. The largest absolute Gasteiger partial charge is 0.491 e. The summed E-state index contributed by atoms with van der Waals surface area (Å²) in [6.07, 6.45) is 1.45. The zero-order valence-corrected chi connectivity index (χ0v) is 19.9. The molecule has 9 nitrogen and oxygen atoms in total. The molecule has 0 fully saturated rings. The highest BCUT2D eigenvalue weighted by Crippen LogP contribution is 2.27. The van der Waals surface area contributed by atoms with Gasteiger partial charge in [-0.3, -0.25) is 9.78 Å². The highest BCUT2D eigenvalue weighted by atomic mass is 19.1. The number of carbonyl (C=O) groups is 1. The third kappa shape index (κ3) is 5.71. The molecule has 182 valence electrons. The molecule has 0 aliphatic rings. The molecule has 0 aliphatic carbocycles. The average molecular weight is 487 g/mol. The lowest BCUT2D eigenvalue weighted by Gasteiger charge is -2.13. The van der Waals surface area contributed by atoms with E-state index in [0.29, 0.717) is 64.3 Å². The number of nitrogens with one attached hydrogen (secondary N) is 1. The Kier molecular flexibility index (Phi) is 7.32. The maximum Gasteiger partial charge on any atom is 0.255 e. The molecule has 0 atom stereocenters. The Morgan fingerprint density at radius 3 is 2.67 bits per heavy atom. The van der Waals surface area contributed by atoms with Crippen molar-refractivity contribution in [3.8, 4) is 34.5 Å². The van der Waals surface area contributed by atoms with Crippen LogP contribution in [-0.2, 0) is 0 Å². The fourth-order valence-corrected chi connectivity index (χ4v) is 3.32.